The highest BCUT2D eigenvalue weighted by atomic mass is 127. The summed E-state index contributed by atoms with van der Waals surface area (Å²) in [5, 5.41) is 4.52. The highest BCUT2D eigenvalue weighted by Gasteiger charge is 2.42. The van der Waals surface area contributed by atoms with Crippen molar-refractivity contribution in [2.45, 2.75) is 39.0 Å². The van der Waals surface area contributed by atoms with Gasteiger partial charge in [0.1, 0.15) is 5.82 Å². The Labute approximate surface area is 195 Å². The number of aryl methyl sites for hydroxylation is 1. The van der Waals surface area contributed by atoms with Crippen molar-refractivity contribution in [3.63, 3.8) is 0 Å². The van der Waals surface area contributed by atoms with E-state index in [4.69, 9.17) is 0 Å². The van der Waals surface area contributed by atoms with Crippen molar-refractivity contribution in [3.05, 3.63) is 5.82 Å². The molecular weight excluding hydrogens is 501 g/mol. The van der Waals surface area contributed by atoms with Crippen LogP contribution < -0.4 is 10.2 Å². The number of nitrogens with one attached hydrogen (secondary N) is 1. The molecule has 1 aromatic rings. The van der Waals surface area contributed by atoms with Crippen LogP contribution in [0.4, 0.5) is 5.13 Å². The summed E-state index contributed by atoms with van der Waals surface area (Å²) < 4.78 is 4.40. The molecule has 0 unspecified atom stereocenters. The van der Waals surface area contributed by atoms with Crippen molar-refractivity contribution < 1.29 is 4.79 Å². The number of amides is 1. The second-order valence-corrected chi connectivity index (χ2v) is 8.64. The number of anilines is 1. The van der Waals surface area contributed by atoms with Crippen LogP contribution in [0, 0.1) is 5.41 Å². The molecule has 8 nitrogen and oxygen atoms in total. The number of carbonyl (C=O) groups is 1. The molecule has 0 radical (unpaired) electrons. The summed E-state index contributed by atoms with van der Waals surface area (Å²) in [4.78, 5) is 28.2. The van der Waals surface area contributed by atoms with E-state index in [9.17, 15) is 4.79 Å². The van der Waals surface area contributed by atoms with E-state index >= 15 is 0 Å². The number of carbonyl (C=O) groups excluding carboxylic acids is 1. The van der Waals surface area contributed by atoms with Crippen molar-refractivity contribution >= 4 is 52.5 Å². The topological polar surface area (TPSA) is 77.0 Å². The Bertz CT molecular complexity index is 694. The molecule has 29 heavy (non-hydrogen) atoms. The molecule has 1 saturated heterocycles. The van der Waals surface area contributed by atoms with Crippen molar-refractivity contribution in [2.75, 3.05) is 58.8 Å². The molecule has 0 aromatic carbocycles. The SMILES string of the molecule is CCc1nsc(N2CCN(C(=NC)NCC3(C(=O)N(C)C)CCCC3)CC2)n1.I. The first-order valence-corrected chi connectivity index (χ1v) is 11.0. The van der Waals surface area contributed by atoms with Gasteiger partial charge in [-0.2, -0.15) is 4.37 Å². The Balaban J connectivity index is 0.00000300. The first-order chi connectivity index (χ1) is 13.5. The van der Waals surface area contributed by atoms with Crippen LogP contribution >= 0.6 is 35.5 Å². The summed E-state index contributed by atoms with van der Waals surface area (Å²) in [6.07, 6.45) is 5.04. The number of halogens is 1. The molecule has 0 bridgehead atoms. The van der Waals surface area contributed by atoms with Crippen molar-refractivity contribution in [1.29, 1.82) is 0 Å². The summed E-state index contributed by atoms with van der Waals surface area (Å²) >= 11 is 1.49. The molecule has 2 fully saturated rings. The van der Waals surface area contributed by atoms with Gasteiger partial charge in [-0.3, -0.25) is 9.79 Å². The zero-order valence-electron chi connectivity index (χ0n) is 18.0. The third kappa shape index (κ3) is 5.50. The van der Waals surface area contributed by atoms with Crippen molar-refractivity contribution in [2.24, 2.45) is 10.4 Å². The first-order valence-electron chi connectivity index (χ1n) is 10.2. The van der Waals surface area contributed by atoms with Gasteiger partial charge in [-0.15, -0.1) is 24.0 Å². The van der Waals surface area contributed by atoms with Gasteiger partial charge >= 0.3 is 0 Å². The standard InChI is InChI=1S/C19H33N7OS.HI/c1-5-15-22-18(28-23-15)26-12-10-25(11-13-26)17(20-2)21-14-19(8-6-7-9-19)16(27)24(3)4;/h5-14H2,1-4H3,(H,20,21);1H. The number of hydrogen-bond donors (Lipinski definition) is 1. The molecule has 1 aliphatic heterocycles. The van der Waals surface area contributed by atoms with Crippen LogP contribution in [0.5, 0.6) is 0 Å². The van der Waals surface area contributed by atoms with Crippen LogP contribution in [0.2, 0.25) is 0 Å². The van der Waals surface area contributed by atoms with E-state index in [0.29, 0.717) is 6.54 Å². The summed E-state index contributed by atoms with van der Waals surface area (Å²) in [6.45, 7) is 6.32. The average Bonchev–Trinajstić information content (AvgIpc) is 3.38. The van der Waals surface area contributed by atoms with Gasteiger partial charge in [0.2, 0.25) is 11.0 Å². The van der Waals surface area contributed by atoms with Gasteiger partial charge in [0.25, 0.3) is 0 Å². The van der Waals surface area contributed by atoms with Gasteiger partial charge in [-0.25, -0.2) is 4.98 Å². The fourth-order valence-corrected chi connectivity index (χ4v) is 5.00. The second-order valence-electron chi connectivity index (χ2n) is 7.91. The molecule has 1 aromatic heterocycles. The van der Waals surface area contributed by atoms with Crippen molar-refractivity contribution in [3.8, 4) is 0 Å². The van der Waals surface area contributed by atoms with Gasteiger partial charge in [0, 0.05) is 71.8 Å². The average molecular weight is 536 g/mol. The molecule has 0 atom stereocenters. The van der Waals surface area contributed by atoms with E-state index in [2.05, 4.69) is 36.4 Å². The number of aliphatic imine (C=N–C) groups is 1. The number of rotatable bonds is 5. The zero-order valence-corrected chi connectivity index (χ0v) is 21.1. The molecule has 164 valence electrons. The lowest BCUT2D eigenvalue weighted by molar-refractivity contribution is -0.138. The number of hydrogen-bond acceptors (Lipinski definition) is 6. The van der Waals surface area contributed by atoms with Crippen LogP contribution in [0.3, 0.4) is 0 Å². The molecule has 2 heterocycles. The van der Waals surface area contributed by atoms with E-state index in [1.165, 1.54) is 11.5 Å². The summed E-state index contributed by atoms with van der Waals surface area (Å²) in [5.74, 6) is 2.05. The van der Waals surface area contributed by atoms with Gasteiger partial charge in [-0.1, -0.05) is 19.8 Å². The van der Waals surface area contributed by atoms with Crippen LogP contribution in [0.1, 0.15) is 38.4 Å². The van der Waals surface area contributed by atoms with E-state index < -0.39 is 0 Å². The van der Waals surface area contributed by atoms with E-state index in [-0.39, 0.29) is 35.3 Å². The molecule has 2 aliphatic rings. The van der Waals surface area contributed by atoms with Crippen LogP contribution in [0.15, 0.2) is 4.99 Å². The largest absolute Gasteiger partial charge is 0.355 e. The lowest BCUT2D eigenvalue weighted by Crippen LogP contribution is -2.55. The minimum Gasteiger partial charge on any atom is -0.355 e. The minimum atomic E-state index is -0.287. The molecule has 1 N–H and O–H groups in total. The van der Waals surface area contributed by atoms with Crippen molar-refractivity contribution in [1.82, 2.24) is 24.5 Å². The predicted octanol–water partition coefficient (Wildman–Crippen LogP) is 2.06. The fraction of sp³-hybridized carbons (Fsp3) is 0.789. The molecule has 1 aliphatic carbocycles. The maximum Gasteiger partial charge on any atom is 0.230 e. The van der Waals surface area contributed by atoms with Gasteiger partial charge < -0.3 is 20.0 Å². The van der Waals surface area contributed by atoms with E-state index in [1.54, 1.807) is 4.90 Å². The second kappa shape index (κ2) is 10.7. The monoisotopic (exact) mass is 535 g/mol. The third-order valence-electron chi connectivity index (χ3n) is 5.84. The lowest BCUT2D eigenvalue weighted by atomic mass is 9.84. The maximum absolute atomic E-state index is 12.8. The van der Waals surface area contributed by atoms with E-state index in [1.807, 2.05) is 21.1 Å². The Morgan fingerprint density at radius 2 is 1.90 bits per heavy atom. The van der Waals surface area contributed by atoms with E-state index in [0.717, 1.165) is 75.2 Å². The number of nitrogens with zero attached hydrogens (tertiary/aromatic N) is 6. The fourth-order valence-electron chi connectivity index (χ4n) is 4.20. The number of aromatic nitrogens is 2. The maximum atomic E-state index is 12.8. The molecule has 1 saturated carbocycles. The molecule has 0 spiro atoms. The highest BCUT2D eigenvalue weighted by molar-refractivity contribution is 14.0. The quantitative estimate of drug-likeness (QED) is 0.354. The Kier molecular flexibility index (Phi) is 8.92. The molecule has 10 heteroatoms. The smallest absolute Gasteiger partial charge is 0.230 e. The number of guanidine groups is 1. The lowest BCUT2D eigenvalue weighted by Gasteiger charge is -2.38. The van der Waals surface area contributed by atoms with Gasteiger partial charge in [0.05, 0.1) is 5.41 Å². The Morgan fingerprint density at radius 1 is 1.24 bits per heavy atom. The minimum absolute atomic E-state index is 0. The van der Waals surface area contributed by atoms with Crippen LogP contribution in [0.25, 0.3) is 0 Å². The third-order valence-corrected chi connectivity index (χ3v) is 6.66. The Hall–Kier alpha value is -1.17. The zero-order chi connectivity index (χ0) is 20.1. The van der Waals surface area contributed by atoms with Crippen LogP contribution in [-0.4, -0.2) is 84.9 Å². The predicted molar refractivity (Wildman–Crippen MR) is 129 cm³/mol. The van der Waals surface area contributed by atoms with Gasteiger partial charge in [0.15, 0.2) is 5.96 Å². The summed E-state index contributed by atoms with van der Waals surface area (Å²) in [7, 11) is 5.53. The molecule has 3 rings (SSSR count). The Morgan fingerprint density at radius 3 is 2.41 bits per heavy atom. The highest BCUT2D eigenvalue weighted by Crippen LogP contribution is 2.39. The van der Waals surface area contributed by atoms with Crippen LogP contribution in [-0.2, 0) is 11.2 Å². The summed E-state index contributed by atoms with van der Waals surface area (Å²) in [6, 6.07) is 0. The first kappa shape index (κ1) is 24.1. The number of piperazine rings is 1. The molecular formula is C19H34IN7OS. The molecule has 1 amide bonds. The summed E-state index contributed by atoms with van der Waals surface area (Å²) in [5.41, 5.74) is -0.287. The van der Waals surface area contributed by atoms with Gasteiger partial charge in [-0.05, 0) is 12.8 Å². The normalized spacial score (nSPS) is 19.1.